The van der Waals surface area contributed by atoms with E-state index in [1.54, 1.807) is 24.0 Å². The highest BCUT2D eigenvalue weighted by Crippen LogP contribution is 2.51. The van der Waals surface area contributed by atoms with Gasteiger partial charge in [-0.15, -0.1) is 0 Å². The van der Waals surface area contributed by atoms with Crippen molar-refractivity contribution >= 4 is 28.8 Å². The smallest absolute Gasteiger partial charge is 0.308 e. The molecular formula is C21H13F3N4S. The van der Waals surface area contributed by atoms with E-state index in [4.69, 9.17) is 0 Å². The van der Waals surface area contributed by atoms with Crippen LogP contribution in [0.4, 0.5) is 30.2 Å². The minimum Gasteiger partial charge on any atom is -0.308 e. The number of benzene rings is 2. The lowest BCUT2D eigenvalue weighted by atomic mass is 10.1. The molecule has 4 nitrogen and oxygen atoms in total. The molecule has 0 spiro atoms. The summed E-state index contributed by atoms with van der Waals surface area (Å²) in [6.07, 6.45) is -2.90. The first-order chi connectivity index (χ1) is 14.0. The second-order valence-electron chi connectivity index (χ2n) is 6.44. The van der Waals surface area contributed by atoms with E-state index in [0.29, 0.717) is 5.69 Å². The van der Waals surface area contributed by atoms with Crippen LogP contribution in [-0.4, -0.2) is 15.2 Å². The number of alkyl halides is 3. The number of hydrogen-bond acceptors (Lipinski definition) is 4. The Morgan fingerprint density at radius 2 is 1.48 bits per heavy atom. The first-order valence-corrected chi connectivity index (χ1v) is 9.57. The van der Waals surface area contributed by atoms with Gasteiger partial charge < -0.3 is 4.90 Å². The van der Waals surface area contributed by atoms with Crippen molar-refractivity contribution in [1.29, 1.82) is 0 Å². The molecule has 0 radical (unpaired) electrons. The number of para-hydroxylation sites is 2. The lowest BCUT2D eigenvalue weighted by Gasteiger charge is -2.32. The first-order valence-electron chi connectivity index (χ1n) is 8.76. The molecule has 4 aromatic rings. The molecule has 0 unspecified atom stereocenters. The van der Waals surface area contributed by atoms with Gasteiger partial charge in [0.25, 0.3) is 0 Å². The lowest BCUT2D eigenvalue weighted by Crippen LogP contribution is -2.14. The second kappa shape index (κ2) is 6.66. The topological polar surface area (TPSA) is 44.8 Å². The largest absolute Gasteiger partial charge is 0.432 e. The van der Waals surface area contributed by atoms with E-state index in [0.717, 1.165) is 32.9 Å². The standard InChI is InChI=1S/C21H13F3N4S/c22-21(23,24)20-12-15(26-27-20)14-11-13(9-10-25-14)28-16-5-1-3-7-18(16)29-19-8-4-2-6-17(19)28/h1-12H,(H,26,27). The molecule has 0 aliphatic carbocycles. The number of nitrogens with zero attached hydrogens (tertiary/aromatic N) is 3. The quantitative estimate of drug-likeness (QED) is 0.364. The summed E-state index contributed by atoms with van der Waals surface area (Å²) in [5.41, 5.74) is 2.42. The van der Waals surface area contributed by atoms with Gasteiger partial charge in [0.1, 0.15) is 11.4 Å². The number of rotatable bonds is 2. The Bertz CT molecular complexity index is 1160. The molecule has 5 rings (SSSR count). The Labute approximate surface area is 168 Å². The van der Waals surface area contributed by atoms with Crippen molar-refractivity contribution < 1.29 is 13.2 Å². The maximum absolute atomic E-state index is 12.9. The van der Waals surface area contributed by atoms with Gasteiger partial charge in [-0.1, -0.05) is 36.0 Å². The van der Waals surface area contributed by atoms with Crippen LogP contribution in [0.25, 0.3) is 11.4 Å². The van der Waals surface area contributed by atoms with Crippen LogP contribution < -0.4 is 4.90 Å². The molecule has 0 saturated heterocycles. The van der Waals surface area contributed by atoms with Crippen LogP contribution >= 0.6 is 11.8 Å². The summed E-state index contributed by atoms with van der Waals surface area (Å²) in [4.78, 5) is 8.52. The van der Waals surface area contributed by atoms with Gasteiger partial charge in [-0.05, 0) is 42.5 Å². The third-order valence-electron chi connectivity index (χ3n) is 4.58. The monoisotopic (exact) mass is 410 g/mol. The molecule has 2 aromatic heterocycles. The van der Waals surface area contributed by atoms with Gasteiger partial charge in [0.15, 0.2) is 0 Å². The van der Waals surface area contributed by atoms with Crippen LogP contribution in [0.1, 0.15) is 5.69 Å². The second-order valence-corrected chi connectivity index (χ2v) is 7.52. The number of pyridine rings is 1. The third-order valence-corrected chi connectivity index (χ3v) is 5.71. The molecule has 0 saturated carbocycles. The van der Waals surface area contributed by atoms with Crippen molar-refractivity contribution in [3.05, 3.63) is 78.6 Å². The van der Waals surface area contributed by atoms with Crippen LogP contribution in [0.15, 0.2) is 82.7 Å². The highest BCUT2D eigenvalue weighted by molar-refractivity contribution is 7.99. The molecule has 0 fully saturated rings. The van der Waals surface area contributed by atoms with E-state index in [9.17, 15) is 13.2 Å². The van der Waals surface area contributed by atoms with Gasteiger partial charge in [0, 0.05) is 21.7 Å². The van der Waals surface area contributed by atoms with Crippen molar-refractivity contribution in [2.75, 3.05) is 4.90 Å². The number of aromatic amines is 1. The van der Waals surface area contributed by atoms with Crippen molar-refractivity contribution in [1.82, 2.24) is 15.2 Å². The molecule has 3 heterocycles. The van der Waals surface area contributed by atoms with E-state index < -0.39 is 11.9 Å². The van der Waals surface area contributed by atoms with Gasteiger partial charge in [0.2, 0.25) is 0 Å². The zero-order valence-electron chi connectivity index (χ0n) is 14.8. The van der Waals surface area contributed by atoms with Gasteiger partial charge in [0.05, 0.1) is 17.1 Å². The molecule has 0 atom stereocenters. The van der Waals surface area contributed by atoms with Crippen LogP contribution in [0.2, 0.25) is 0 Å². The average molecular weight is 410 g/mol. The average Bonchev–Trinajstić information content (AvgIpc) is 3.23. The molecule has 0 bridgehead atoms. The first kappa shape index (κ1) is 17.8. The normalized spacial score (nSPS) is 13.1. The number of nitrogens with one attached hydrogen (secondary N) is 1. The number of fused-ring (bicyclic) bond motifs is 2. The minimum atomic E-state index is -4.48. The Morgan fingerprint density at radius 1 is 0.828 bits per heavy atom. The van der Waals surface area contributed by atoms with Crippen LogP contribution in [-0.2, 0) is 6.18 Å². The van der Waals surface area contributed by atoms with Gasteiger partial charge >= 0.3 is 6.18 Å². The number of H-pyrrole nitrogens is 1. The van der Waals surface area contributed by atoms with Crippen molar-refractivity contribution in [3.63, 3.8) is 0 Å². The van der Waals surface area contributed by atoms with E-state index in [1.807, 2.05) is 59.7 Å². The van der Waals surface area contributed by atoms with E-state index in [-0.39, 0.29) is 5.69 Å². The third kappa shape index (κ3) is 3.15. The molecule has 1 N–H and O–H groups in total. The Balaban J connectivity index is 1.63. The molecule has 1 aliphatic rings. The lowest BCUT2D eigenvalue weighted by molar-refractivity contribution is -0.141. The van der Waals surface area contributed by atoms with Crippen molar-refractivity contribution in [2.24, 2.45) is 0 Å². The van der Waals surface area contributed by atoms with E-state index >= 15 is 0 Å². The van der Waals surface area contributed by atoms with Gasteiger partial charge in [-0.2, -0.15) is 18.3 Å². The number of anilines is 3. The summed E-state index contributed by atoms with van der Waals surface area (Å²) in [6.45, 7) is 0. The summed E-state index contributed by atoms with van der Waals surface area (Å²) < 4.78 is 38.7. The number of halogens is 3. The van der Waals surface area contributed by atoms with Crippen LogP contribution in [0.5, 0.6) is 0 Å². The fourth-order valence-electron chi connectivity index (χ4n) is 3.28. The predicted octanol–water partition coefficient (Wildman–Crippen LogP) is 6.42. The van der Waals surface area contributed by atoms with Gasteiger partial charge in [-0.25, -0.2) is 0 Å². The summed E-state index contributed by atoms with van der Waals surface area (Å²) >= 11 is 1.69. The highest BCUT2D eigenvalue weighted by Gasteiger charge is 2.33. The Hall–Kier alpha value is -3.26. The van der Waals surface area contributed by atoms with Crippen LogP contribution in [0.3, 0.4) is 0 Å². The summed E-state index contributed by atoms with van der Waals surface area (Å²) in [5, 5.41) is 5.84. The van der Waals surface area contributed by atoms with Crippen LogP contribution in [0, 0.1) is 0 Å². The summed E-state index contributed by atoms with van der Waals surface area (Å²) in [6, 6.07) is 20.6. The van der Waals surface area contributed by atoms with E-state index in [1.165, 1.54) is 0 Å². The van der Waals surface area contributed by atoms with E-state index in [2.05, 4.69) is 15.0 Å². The Morgan fingerprint density at radius 3 is 2.10 bits per heavy atom. The maximum Gasteiger partial charge on any atom is 0.432 e. The SMILES string of the molecule is FC(F)(F)c1cc(-c2cc(N3c4ccccc4Sc4ccccc43)ccn2)n[nH]1. The fraction of sp³-hybridized carbons (Fsp3) is 0.0476. The molecule has 8 heteroatoms. The molecule has 0 amide bonds. The predicted molar refractivity (Wildman–Crippen MR) is 106 cm³/mol. The molecule has 144 valence electrons. The van der Waals surface area contributed by atoms with Gasteiger partial charge in [-0.3, -0.25) is 10.1 Å². The number of aromatic nitrogens is 3. The molecule has 2 aromatic carbocycles. The molecular weight excluding hydrogens is 397 g/mol. The molecule has 1 aliphatic heterocycles. The highest BCUT2D eigenvalue weighted by atomic mass is 32.2. The summed E-state index contributed by atoms with van der Waals surface area (Å²) in [5.74, 6) is 0. The zero-order valence-corrected chi connectivity index (χ0v) is 15.6. The zero-order chi connectivity index (χ0) is 20.0. The fourth-order valence-corrected chi connectivity index (χ4v) is 4.34. The van der Waals surface area contributed by atoms with Crippen molar-refractivity contribution in [3.8, 4) is 11.4 Å². The minimum absolute atomic E-state index is 0.145. The Kier molecular flexibility index (Phi) is 4.09. The van der Waals surface area contributed by atoms with Crippen molar-refractivity contribution in [2.45, 2.75) is 16.0 Å². The molecule has 29 heavy (non-hydrogen) atoms. The number of hydrogen-bond donors (Lipinski definition) is 1. The maximum atomic E-state index is 12.9. The summed E-state index contributed by atoms with van der Waals surface area (Å²) in [7, 11) is 0.